The molecule has 55 heavy (non-hydrogen) atoms. The lowest BCUT2D eigenvalue weighted by atomic mass is 9.77. The van der Waals surface area contributed by atoms with E-state index in [0.29, 0.717) is 0 Å². The zero-order chi connectivity index (χ0) is 36.9. The highest BCUT2D eigenvalue weighted by Crippen LogP contribution is 2.45. The van der Waals surface area contributed by atoms with Crippen LogP contribution in [0.4, 0.5) is 22.7 Å². The summed E-state index contributed by atoms with van der Waals surface area (Å²) >= 11 is 0. The van der Waals surface area contributed by atoms with Crippen molar-refractivity contribution in [2.45, 2.75) is 19.3 Å². The van der Waals surface area contributed by atoms with Crippen LogP contribution in [0.25, 0.3) is 49.9 Å². The number of aromatic nitrogens is 2. The van der Waals surface area contributed by atoms with Gasteiger partial charge in [0, 0.05) is 33.8 Å². The number of hydrogen-bond donors (Lipinski definition) is 0. The van der Waals surface area contributed by atoms with Crippen LogP contribution in [-0.2, 0) is 5.41 Å². The van der Waals surface area contributed by atoms with Crippen LogP contribution in [0.15, 0.2) is 194 Å². The second kappa shape index (κ2) is 13.2. The Hall–Kier alpha value is -6.91. The average molecular weight is 709 g/mol. The molecule has 0 radical (unpaired) electrons. The molecule has 1 aliphatic heterocycles. The number of rotatable bonds is 7. The van der Waals surface area contributed by atoms with Crippen LogP contribution in [-0.4, -0.2) is 16.2 Å². The molecule has 0 fully saturated rings. The first kappa shape index (κ1) is 32.7. The molecule has 9 aromatic rings. The monoisotopic (exact) mass is 708 g/mol. The van der Waals surface area contributed by atoms with E-state index in [4.69, 9.17) is 4.98 Å². The van der Waals surface area contributed by atoms with Crippen LogP contribution < -0.4 is 9.80 Å². The number of anilines is 4. The Morgan fingerprint density at radius 1 is 0.455 bits per heavy atom. The maximum Gasteiger partial charge on any atom is 0.138 e. The summed E-state index contributed by atoms with van der Waals surface area (Å²) in [6.07, 6.45) is 1.95. The first-order chi connectivity index (χ1) is 27.0. The number of nitrogens with zero attached hydrogens (tertiary/aromatic N) is 4. The van der Waals surface area contributed by atoms with Gasteiger partial charge in [0.05, 0.1) is 22.4 Å². The Balaban J connectivity index is 1.06. The van der Waals surface area contributed by atoms with Gasteiger partial charge >= 0.3 is 0 Å². The molecule has 1 aliphatic rings. The summed E-state index contributed by atoms with van der Waals surface area (Å²) in [5.74, 6) is 0.902. The van der Waals surface area contributed by atoms with Gasteiger partial charge in [-0.15, -0.1) is 0 Å². The molecule has 0 amide bonds. The first-order valence-electron chi connectivity index (χ1n) is 19.0. The SMILES string of the molecule is CC(C)(c1cccc(N2CN(c3ccccc3)c3ccccc32)c1)c1ccc2c3ccccc3n(-c3cc(-c4ccccc4-c4ccccc4)ccn3)c2c1. The molecule has 0 saturated heterocycles. The van der Waals surface area contributed by atoms with Crippen molar-refractivity contribution in [1.29, 1.82) is 0 Å². The molecule has 0 unspecified atom stereocenters. The summed E-state index contributed by atoms with van der Waals surface area (Å²) in [5.41, 5.74) is 14.1. The van der Waals surface area contributed by atoms with Crippen LogP contribution >= 0.6 is 0 Å². The van der Waals surface area contributed by atoms with Gasteiger partial charge in [-0.05, 0) is 94.0 Å². The molecule has 0 spiro atoms. The van der Waals surface area contributed by atoms with Crippen molar-refractivity contribution in [1.82, 2.24) is 9.55 Å². The van der Waals surface area contributed by atoms with Crippen molar-refractivity contribution >= 4 is 44.6 Å². The van der Waals surface area contributed by atoms with E-state index in [9.17, 15) is 0 Å². The zero-order valence-corrected chi connectivity index (χ0v) is 31.0. The van der Waals surface area contributed by atoms with Gasteiger partial charge < -0.3 is 9.80 Å². The normalized spacial score (nSPS) is 12.8. The Bertz CT molecular complexity index is 2840. The molecule has 0 N–H and O–H groups in total. The van der Waals surface area contributed by atoms with E-state index < -0.39 is 0 Å². The molecule has 10 rings (SSSR count). The molecule has 3 heterocycles. The highest BCUT2D eigenvalue weighted by atomic mass is 15.4. The van der Waals surface area contributed by atoms with E-state index >= 15 is 0 Å². The number of para-hydroxylation sites is 4. The van der Waals surface area contributed by atoms with Gasteiger partial charge in [-0.2, -0.15) is 0 Å². The third-order valence-electron chi connectivity index (χ3n) is 11.4. The van der Waals surface area contributed by atoms with Gasteiger partial charge in [0.2, 0.25) is 0 Å². The molecular weight excluding hydrogens is 669 g/mol. The van der Waals surface area contributed by atoms with Gasteiger partial charge in [-0.3, -0.25) is 4.57 Å². The van der Waals surface area contributed by atoms with Gasteiger partial charge in [0.15, 0.2) is 0 Å². The van der Waals surface area contributed by atoms with Crippen molar-refractivity contribution in [2.75, 3.05) is 16.5 Å². The second-order valence-corrected chi connectivity index (χ2v) is 14.9. The molecule has 0 saturated carbocycles. The van der Waals surface area contributed by atoms with Gasteiger partial charge in [-0.1, -0.05) is 141 Å². The summed E-state index contributed by atoms with van der Waals surface area (Å²) in [6.45, 7) is 5.43. The van der Waals surface area contributed by atoms with E-state index in [1.807, 2.05) is 6.20 Å². The summed E-state index contributed by atoms with van der Waals surface area (Å²) in [6, 6.07) is 67.8. The quantitative estimate of drug-likeness (QED) is 0.165. The summed E-state index contributed by atoms with van der Waals surface area (Å²) < 4.78 is 2.34. The molecule has 264 valence electrons. The molecule has 0 atom stereocenters. The third-order valence-corrected chi connectivity index (χ3v) is 11.4. The standard InChI is InChI=1S/C51H40N4/c1-51(2,38-18-15-21-41(33-38)54-35-53(40-19-7-4-8-20-40)47-26-13-14-27-48(47)54)39-28-29-45-44-24-11-12-25-46(44)55(49(45)34-39)50-32-37(30-31-52-50)43-23-10-9-22-42(43)36-16-5-3-6-17-36/h3-34H,35H2,1-2H3. The smallest absolute Gasteiger partial charge is 0.138 e. The molecule has 4 heteroatoms. The zero-order valence-electron chi connectivity index (χ0n) is 31.0. The average Bonchev–Trinajstić information content (AvgIpc) is 3.81. The molecule has 7 aromatic carbocycles. The Kier molecular flexibility index (Phi) is 7.85. The molecule has 0 aliphatic carbocycles. The Morgan fingerprint density at radius 2 is 1.05 bits per heavy atom. The largest absolute Gasteiger partial charge is 0.321 e. The predicted octanol–water partition coefficient (Wildman–Crippen LogP) is 13.1. The summed E-state index contributed by atoms with van der Waals surface area (Å²) in [5, 5.41) is 2.44. The molecular formula is C51H40N4. The highest BCUT2D eigenvalue weighted by Gasteiger charge is 2.30. The minimum atomic E-state index is -0.284. The van der Waals surface area contributed by atoms with E-state index in [0.717, 1.165) is 29.1 Å². The van der Waals surface area contributed by atoms with E-state index in [1.54, 1.807) is 0 Å². The Morgan fingerprint density at radius 3 is 1.84 bits per heavy atom. The summed E-state index contributed by atoms with van der Waals surface area (Å²) in [7, 11) is 0. The fraction of sp³-hybridized carbons (Fsp3) is 0.0784. The lowest BCUT2D eigenvalue weighted by Gasteiger charge is -2.29. The van der Waals surface area contributed by atoms with Crippen LogP contribution in [0.3, 0.4) is 0 Å². The number of fused-ring (bicyclic) bond motifs is 4. The van der Waals surface area contributed by atoms with Crippen LogP contribution in [0.5, 0.6) is 0 Å². The topological polar surface area (TPSA) is 24.3 Å². The maximum atomic E-state index is 5.02. The van der Waals surface area contributed by atoms with Gasteiger partial charge in [0.25, 0.3) is 0 Å². The summed E-state index contributed by atoms with van der Waals surface area (Å²) in [4.78, 5) is 9.84. The second-order valence-electron chi connectivity index (χ2n) is 14.9. The highest BCUT2D eigenvalue weighted by molar-refractivity contribution is 6.09. The van der Waals surface area contributed by atoms with Crippen LogP contribution in [0.1, 0.15) is 25.0 Å². The van der Waals surface area contributed by atoms with E-state index in [2.05, 4.69) is 216 Å². The van der Waals surface area contributed by atoms with Crippen molar-refractivity contribution in [3.63, 3.8) is 0 Å². The van der Waals surface area contributed by atoms with Crippen LogP contribution in [0.2, 0.25) is 0 Å². The van der Waals surface area contributed by atoms with Crippen molar-refractivity contribution < 1.29 is 0 Å². The lowest BCUT2D eigenvalue weighted by molar-refractivity contribution is 0.641. The van der Waals surface area contributed by atoms with Crippen LogP contribution in [0, 0.1) is 0 Å². The van der Waals surface area contributed by atoms with Crippen molar-refractivity contribution in [2.24, 2.45) is 0 Å². The minimum Gasteiger partial charge on any atom is -0.321 e. The molecule has 4 nitrogen and oxygen atoms in total. The van der Waals surface area contributed by atoms with Gasteiger partial charge in [0.1, 0.15) is 12.5 Å². The minimum absolute atomic E-state index is 0.284. The van der Waals surface area contributed by atoms with Crippen molar-refractivity contribution in [3.05, 3.63) is 205 Å². The van der Waals surface area contributed by atoms with Crippen molar-refractivity contribution in [3.8, 4) is 28.1 Å². The molecule has 2 aromatic heterocycles. The molecule has 0 bridgehead atoms. The van der Waals surface area contributed by atoms with Gasteiger partial charge in [-0.25, -0.2) is 4.98 Å². The number of benzene rings is 7. The lowest BCUT2D eigenvalue weighted by Crippen LogP contribution is -2.25. The third kappa shape index (κ3) is 5.57. The van der Waals surface area contributed by atoms with E-state index in [-0.39, 0.29) is 5.41 Å². The van der Waals surface area contributed by atoms with E-state index in [1.165, 1.54) is 61.3 Å². The maximum absolute atomic E-state index is 5.02. The fourth-order valence-corrected chi connectivity index (χ4v) is 8.41. The first-order valence-corrected chi connectivity index (χ1v) is 19.0. The number of hydrogen-bond acceptors (Lipinski definition) is 3. The predicted molar refractivity (Wildman–Crippen MR) is 230 cm³/mol. The fourth-order valence-electron chi connectivity index (χ4n) is 8.41. The Labute approximate surface area is 322 Å². The number of pyridine rings is 1.